The first kappa shape index (κ1) is 15.8. The van der Waals surface area contributed by atoms with Crippen molar-refractivity contribution in [1.29, 1.82) is 0 Å². The van der Waals surface area contributed by atoms with Crippen LogP contribution in [-0.4, -0.2) is 13.2 Å². The van der Waals surface area contributed by atoms with Gasteiger partial charge >= 0.3 is 0 Å². The zero-order chi connectivity index (χ0) is 13.0. The third-order valence-corrected chi connectivity index (χ3v) is 2.74. The highest BCUT2D eigenvalue weighted by molar-refractivity contribution is 6.30. The Morgan fingerprint density at radius 3 is 2.26 bits per heavy atom. The molecule has 0 aromatic heterocycles. The molecule has 0 aliphatic heterocycles. The van der Waals surface area contributed by atoms with Crippen LogP contribution in [0, 0.1) is 5.82 Å². The van der Waals surface area contributed by atoms with E-state index in [-0.39, 0.29) is 18.2 Å². The van der Waals surface area contributed by atoms with Crippen LogP contribution in [0.15, 0.2) is 42.5 Å². The summed E-state index contributed by atoms with van der Waals surface area (Å²) in [5, 5.41) is 0.655. The zero-order valence-electron chi connectivity index (χ0n) is 10.1. The Hall–Kier alpha value is -1.29. The third-order valence-electron chi connectivity index (χ3n) is 2.48. The maximum absolute atomic E-state index is 13.7. The highest BCUT2D eigenvalue weighted by Crippen LogP contribution is 2.26. The van der Waals surface area contributed by atoms with Gasteiger partial charge in [0.2, 0.25) is 0 Å². The molecule has 2 nitrogen and oxygen atoms in total. The summed E-state index contributed by atoms with van der Waals surface area (Å²) >= 11 is 5.81. The lowest BCUT2D eigenvalue weighted by Crippen LogP contribution is -2.11. The number of ether oxygens (including phenoxy) is 1. The first-order chi connectivity index (χ1) is 8.70. The number of rotatable bonds is 4. The number of hydrogen-bond donors (Lipinski definition) is 1. The van der Waals surface area contributed by atoms with Gasteiger partial charge in [-0.15, -0.1) is 12.4 Å². The van der Waals surface area contributed by atoms with Crippen molar-refractivity contribution in [2.45, 2.75) is 0 Å². The van der Waals surface area contributed by atoms with Crippen LogP contribution in [0.2, 0.25) is 5.02 Å². The third kappa shape index (κ3) is 4.10. The fourth-order valence-electron chi connectivity index (χ4n) is 1.61. The van der Waals surface area contributed by atoms with Crippen molar-refractivity contribution in [3.63, 3.8) is 0 Å². The SMILES string of the molecule is Cl.NCCOc1ccc(-c2ccc(Cl)cc2)cc1F. The van der Waals surface area contributed by atoms with Gasteiger partial charge in [-0.1, -0.05) is 29.8 Å². The molecule has 2 rings (SSSR count). The van der Waals surface area contributed by atoms with Crippen LogP contribution in [0.5, 0.6) is 5.75 Å². The minimum Gasteiger partial charge on any atom is -0.489 e. The monoisotopic (exact) mass is 301 g/mol. The molecule has 0 saturated carbocycles. The summed E-state index contributed by atoms with van der Waals surface area (Å²) < 4.78 is 18.9. The Kier molecular flexibility index (Phi) is 6.09. The van der Waals surface area contributed by atoms with Crippen molar-refractivity contribution >= 4 is 24.0 Å². The first-order valence-corrected chi connectivity index (χ1v) is 5.97. The lowest BCUT2D eigenvalue weighted by molar-refractivity contribution is 0.311. The lowest BCUT2D eigenvalue weighted by Gasteiger charge is -2.08. The summed E-state index contributed by atoms with van der Waals surface area (Å²) in [7, 11) is 0. The molecule has 0 bridgehead atoms. The van der Waals surface area contributed by atoms with E-state index < -0.39 is 5.82 Å². The van der Waals surface area contributed by atoms with Gasteiger partial charge in [-0.3, -0.25) is 0 Å². The summed E-state index contributed by atoms with van der Waals surface area (Å²) in [6, 6.07) is 12.1. The average molecular weight is 302 g/mol. The van der Waals surface area contributed by atoms with E-state index in [1.165, 1.54) is 6.07 Å². The van der Waals surface area contributed by atoms with Gasteiger partial charge in [0.15, 0.2) is 11.6 Å². The summed E-state index contributed by atoms with van der Waals surface area (Å²) in [5.41, 5.74) is 6.99. The van der Waals surface area contributed by atoms with E-state index >= 15 is 0 Å². The van der Waals surface area contributed by atoms with E-state index in [0.29, 0.717) is 18.2 Å². The van der Waals surface area contributed by atoms with Crippen LogP contribution in [0.1, 0.15) is 0 Å². The van der Waals surface area contributed by atoms with Crippen molar-refractivity contribution < 1.29 is 9.13 Å². The van der Waals surface area contributed by atoms with Gasteiger partial charge in [-0.25, -0.2) is 4.39 Å². The summed E-state index contributed by atoms with van der Waals surface area (Å²) in [6.07, 6.45) is 0. The van der Waals surface area contributed by atoms with Crippen molar-refractivity contribution in [3.8, 4) is 16.9 Å². The predicted octanol–water partition coefficient (Wildman–Crippen LogP) is 3.91. The quantitative estimate of drug-likeness (QED) is 0.929. The fourth-order valence-corrected chi connectivity index (χ4v) is 1.73. The van der Waals surface area contributed by atoms with Crippen LogP contribution >= 0.6 is 24.0 Å². The van der Waals surface area contributed by atoms with E-state index in [1.807, 2.05) is 12.1 Å². The minimum atomic E-state index is -0.393. The molecule has 0 unspecified atom stereocenters. The molecule has 5 heteroatoms. The molecular formula is C14H14Cl2FNO. The second-order valence-electron chi connectivity index (χ2n) is 3.79. The largest absolute Gasteiger partial charge is 0.489 e. The molecular weight excluding hydrogens is 288 g/mol. The molecule has 0 heterocycles. The highest BCUT2D eigenvalue weighted by atomic mass is 35.5. The van der Waals surface area contributed by atoms with Gasteiger partial charge in [-0.2, -0.15) is 0 Å². The van der Waals surface area contributed by atoms with Crippen LogP contribution in [0.3, 0.4) is 0 Å². The molecule has 0 saturated heterocycles. The molecule has 0 radical (unpaired) electrons. The Balaban J connectivity index is 0.00000180. The van der Waals surface area contributed by atoms with E-state index in [9.17, 15) is 4.39 Å². The molecule has 0 spiro atoms. The van der Waals surface area contributed by atoms with E-state index in [2.05, 4.69) is 0 Å². The summed E-state index contributed by atoms with van der Waals surface area (Å²) in [6.45, 7) is 0.662. The number of halogens is 3. The van der Waals surface area contributed by atoms with Crippen LogP contribution < -0.4 is 10.5 Å². The number of hydrogen-bond acceptors (Lipinski definition) is 2. The average Bonchev–Trinajstić information content (AvgIpc) is 2.38. The standard InChI is InChI=1S/C14H13ClFNO.ClH/c15-12-4-1-10(2-5-12)11-3-6-14(13(16)9-11)18-8-7-17;/h1-6,9H,7-8,17H2;1H. The van der Waals surface area contributed by atoms with Gasteiger partial charge < -0.3 is 10.5 Å². The van der Waals surface area contributed by atoms with Crippen LogP contribution in [0.25, 0.3) is 11.1 Å². The first-order valence-electron chi connectivity index (χ1n) is 5.59. The van der Waals surface area contributed by atoms with Crippen molar-refractivity contribution in [3.05, 3.63) is 53.3 Å². The van der Waals surface area contributed by atoms with E-state index in [4.69, 9.17) is 22.1 Å². The minimum absolute atomic E-state index is 0. The molecule has 2 aromatic carbocycles. The summed E-state index contributed by atoms with van der Waals surface area (Å²) in [4.78, 5) is 0. The smallest absolute Gasteiger partial charge is 0.165 e. The molecule has 0 amide bonds. The van der Waals surface area contributed by atoms with Crippen molar-refractivity contribution in [1.82, 2.24) is 0 Å². The van der Waals surface area contributed by atoms with Gasteiger partial charge in [0, 0.05) is 11.6 Å². The second-order valence-corrected chi connectivity index (χ2v) is 4.23. The second kappa shape index (κ2) is 7.34. The molecule has 0 aliphatic carbocycles. The molecule has 0 atom stereocenters. The van der Waals surface area contributed by atoms with Gasteiger partial charge in [-0.05, 0) is 35.4 Å². The van der Waals surface area contributed by atoms with Gasteiger partial charge in [0.05, 0.1) is 0 Å². The fraction of sp³-hybridized carbons (Fsp3) is 0.143. The van der Waals surface area contributed by atoms with Crippen LogP contribution in [0.4, 0.5) is 4.39 Å². The zero-order valence-corrected chi connectivity index (χ0v) is 11.7. The van der Waals surface area contributed by atoms with E-state index in [1.54, 1.807) is 24.3 Å². The topological polar surface area (TPSA) is 35.2 Å². The van der Waals surface area contributed by atoms with E-state index in [0.717, 1.165) is 11.1 Å². The van der Waals surface area contributed by atoms with Crippen LogP contribution in [-0.2, 0) is 0 Å². The van der Waals surface area contributed by atoms with Gasteiger partial charge in [0.1, 0.15) is 6.61 Å². The van der Waals surface area contributed by atoms with Gasteiger partial charge in [0.25, 0.3) is 0 Å². The Labute approximate surface area is 122 Å². The molecule has 0 aliphatic rings. The molecule has 2 N–H and O–H groups in total. The summed E-state index contributed by atoms with van der Waals surface area (Å²) in [5.74, 6) is -0.172. The van der Waals surface area contributed by atoms with Crippen molar-refractivity contribution in [2.24, 2.45) is 5.73 Å². The molecule has 0 fully saturated rings. The normalized spacial score (nSPS) is 9.84. The maximum Gasteiger partial charge on any atom is 0.165 e. The Morgan fingerprint density at radius 2 is 1.68 bits per heavy atom. The Morgan fingerprint density at radius 1 is 1.05 bits per heavy atom. The van der Waals surface area contributed by atoms with Crippen molar-refractivity contribution in [2.75, 3.05) is 13.2 Å². The highest BCUT2D eigenvalue weighted by Gasteiger charge is 2.06. The maximum atomic E-state index is 13.7. The lowest BCUT2D eigenvalue weighted by atomic mass is 10.1. The molecule has 2 aromatic rings. The molecule has 19 heavy (non-hydrogen) atoms. The Bertz CT molecular complexity index is 531. The molecule has 102 valence electrons. The number of benzene rings is 2. The predicted molar refractivity (Wildman–Crippen MR) is 78.6 cm³/mol. The number of nitrogens with two attached hydrogens (primary N) is 1.